The van der Waals surface area contributed by atoms with Gasteiger partial charge in [0.15, 0.2) is 0 Å². The van der Waals surface area contributed by atoms with E-state index in [2.05, 4.69) is 10.3 Å². The van der Waals surface area contributed by atoms with Crippen LogP contribution < -0.4 is 5.32 Å². The summed E-state index contributed by atoms with van der Waals surface area (Å²) in [5.41, 5.74) is 1.00. The number of aryl methyl sites for hydroxylation is 1. The molecule has 0 aliphatic carbocycles. The third-order valence-electron chi connectivity index (χ3n) is 3.83. The van der Waals surface area contributed by atoms with Crippen LogP contribution in [-0.2, 0) is 11.0 Å². The Kier molecular flexibility index (Phi) is 13.1. The highest BCUT2D eigenvalue weighted by atomic mass is 35.5. The molecule has 0 saturated carbocycles. The van der Waals surface area contributed by atoms with Crippen LogP contribution in [0.3, 0.4) is 0 Å². The third kappa shape index (κ3) is 9.30. The van der Waals surface area contributed by atoms with Gasteiger partial charge in [0.05, 0.1) is 21.8 Å². The number of anilines is 1. The second-order valence-corrected chi connectivity index (χ2v) is 6.45. The number of benzene rings is 2. The van der Waals surface area contributed by atoms with E-state index in [1.807, 2.05) is 6.79 Å². The second-order valence-electron chi connectivity index (χ2n) is 6.01. The Morgan fingerprint density at radius 1 is 1.06 bits per heavy atom. The van der Waals surface area contributed by atoms with Crippen LogP contribution in [0.1, 0.15) is 27.2 Å². The lowest BCUT2D eigenvalue weighted by molar-refractivity contribution is -0.137. The van der Waals surface area contributed by atoms with Gasteiger partial charge in [-0.2, -0.15) is 13.2 Å². The van der Waals surface area contributed by atoms with Crippen LogP contribution in [0, 0.1) is 6.92 Å². The minimum absolute atomic E-state index is 0.0682. The third-order valence-corrected chi connectivity index (χ3v) is 4.04. The lowest BCUT2D eigenvalue weighted by Gasteiger charge is -2.08. The molecule has 0 saturated heterocycles. The lowest BCUT2D eigenvalue weighted by atomic mass is 10.1. The van der Waals surface area contributed by atoms with Crippen molar-refractivity contribution >= 4 is 29.9 Å². The number of nitrogens with one attached hydrogen (secondary N) is 1. The number of ketones is 1. The summed E-state index contributed by atoms with van der Waals surface area (Å²) in [7, 11) is 2.68. The standard InChI is InChI=1S/C13H11ClN2O2.C8H7F3.CH4O.CH2O/c1-15-10-6-8(14)7-16-12(10)13(18)9-4-2-3-5-11(9)17;1-6-3-2-4-7(5-6)8(9,10)11;2*1-2/h2-7,15,17H,1H3;2-5H,1H3;2H,1H3;1H2. The van der Waals surface area contributed by atoms with E-state index in [0.717, 1.165) is 19.2 Å². The predicted octanol–water partition coefficient (Wildman–Crippen LogP) is 5.15. The Hall–Kier alpha value is -3.43. The Balaban J connectivity index is 0.000000586. The number of phenolic OH excluding ortho intramolecular Hbond substituents is 1. The van der Waals surface area contributed by atoms with Crippen molar-refractivity contribution in [1.82, 2.24) is 4.98 Å². The van der Waals surface area contributed by atoms with Gasteiger partial charge < -0.3 is 20.3 Å². The summed E-state index contributed by atoms with van der Waals surface area (Å²) in [6.45, 7) is 3.63. The van der Waals surface area contributed by atoms with Gasteiger partial charge in [-0.3, -0.25) is 4.79 Å². The SMILES string of the molecule is C=O.CNc1cc(Cl)cnc1C(=O)c1ccccc1O.CO.Cc1cccc(C(F)(F)F)c1. The molecule has 0 spiro atoms. The maximum Gasteiger partial charge on any atom is 0.416 e. The summed E-state index contributed by atoms with van der Waals surface area (Å²) in [6, 6.07) is 13.2. The Morgan fingerprint density at radius 2 is 1.67 bits per heavy atom. The molecule has 178 valence electrons. The van der Waals surface area contributed by atoms with Gasteiger partial charge in [-0.05, 0) is 31.2 Å². The van der Waals surface area contributed by atoms with E-state index >= 15 is 0 Å². The summed E-state index contributed by atoms with van der Waals surface area (Å²) in [5.74, 6) is -0.421. The first-order valence-corrected chi connectivity index (χ1v) is 9.54. The molecule has 3 N–H and O–H groups in total. The number of alkyl halides is 3. The number of aromatic hydroxyl groups is 1. The monoisotopic (exact) mass is 484 g/mol. The Labute approximate surface area is 194 Å². The zero-order valence-electron chi connectivity index (χ0n) is 18.2. The number of hydrogen-bond acceptors (Lipinski definition) is 6. The largest absolute Gasteiger partial charge is 0.507 e. The number of para-hydroxylation sites is 1. The highest BCUT2D eigenvalue weighted by molar-refractivity contribution is 6.31. The number of halogens is 4. The maximum absolute atomic E-state index is 12.3. The summed E-state index contributed by atoms with van der Waals surface area (Å²) < 4.78 is 35.9. The number of pyridine rings is 1. The molecule has 0 fully saturated rings. The van der Waals surface area contributed by atoms with Crippen LogP contribution in [-0.4, -0.2) is 41.9 Å². The fourth-order valence-electron chi connectivity index (χ4n) is 2.43. The molecule has 3 rings (SSSR count). The molecular weight excluding hydrogens is 461 g/mol. The quantitative estimate of drug-likeness (QED) is 0.444. The van der Waals surface area contributed by atoms with E-state index in [1.54, 1.807) is 44.3 Å². The number of aliphatic hydroxyl groups excluding tert-OH is 1. The number of carbonyl (C=O) groups is 2. The van der Waals surface area contributed by atoms with E-state index in [9.17, 15) is 23.1 Å². The first-order valence-electron chi connectivity index (χ1n) is 9.17. The van der Waals surface area contributed by atoms with Gasteiger partial charge in [-0.25, -0.2) is 4.98 Å². The van der Waals surface area contributed by atoms with Gasteiger partial charge in [0.25, 0.3) is 0 Å². The van der Waals surface area contributed by atoms with Crippen molar-refractivity contribution in [2.45, 2.75) is 13.1 Å². The number of aliphatic hydroxyl groups is 1. The summed E-state index contributed by atoms with van der Waals surface area (Å²) in [4.78, 5) is 24.3. The van der Waals surface area contributed by atoms with Crippen molar-refractivity contribution in [3.8, 4) is 5.75 Å². The molecule has 33 heavy (non-hydrogen) atoms. The van der Waals surface area contributed by atoms with Gasteiger partial charge >= 0.3 is 6.18 Å². The smallest absolute Gasteiger partial charge is 0.416 e. The molecule has 2 aromatic carbocycles. The van der Waals surface area contributed by atoms with Crippen molar-refractivity contribution < 1.29 is 33.0 Å². The summed E-state index contributed by atoms with van der Waals surface area (Å²) in [6.07, 6.45) is -2.82. The van der Waals surface area contributed by atoms with Crippen LogP contribution >= 0.6 is 11.6 Å². The summed E-state index contributed by atoms with van der Waals surface area (Å²) in [5, 5.41) is 20.0. The second kappa shape index (κ2) is 14.6. The molecule has 0 aliphatic heterocycles. The maximum atomic E-state index is 12.3. The highest BCUT2D eigenvalue weighted by Gasteiger charge is 2.29. The molecule has 0 amide bonds. The van der Waals surface area contributed by atoms with E-state index in [1.165, 1.54) is 18.3 Å². The normalized spacial score (nSPS) is 9.70. The van der Waals surface area contributed by atoms with Crippen LogP contribution in [0.4, 0.5) is 18.9 Å². The summed E-state index contributed by atoms with van der Waals surface area (Å²) >= 11 is 5.81. The average Bonchev–Trinajstić information content (AvgIpc) is 2.81. The van der Waals surface area contributed by atoms with Crippen molar-refractivity contribution in [1.29, 1.82) is 0 Å². The van der Waals surface area contributed by atoms with E-state index in [4.69, 9.17) is 21.5 Å². The van der Waals surface area contributed by atoms with Gasteiger partial charge in [0, 0.05) is 20.4 Å². The first-order chi connectivity index (χ1) is 15.6. The van der Waals surface area contributed by atoms with Crippen LogP contribution in [0.2, 0.25) is 5.02 Å². The molecular formula is C23H24ClF3N2O4. The Morgan fingerprint density at radius 3 is 2.15 bits per heavy atom. The van der Waals surface area contributed by atoms with Crippen LogP contribution in [0.15, 0.2) is 60.8 Å². The zero-order chi connectivity index (χ0) is 25.6. The highest BCUT2D eigenvalue weighted by Crippen LogP contribution is 2.29. The Bertz CT molecular complexity index is 1030. The first kappa shape index (κ1) is 29.6. The van der Waals surface area contributed by atoms with E-state index in [-0.39, 0.29) is 22.8 Å². The molecule has 0 unspecified atom stereocenters. The molecule has 6 nitrogen and oxygen atoms in total. The van der Waals surface area contributed by atoms with Gasteiger partial charge in [-0.1, -0.05) is 47.5 Å². The minimum Gasteiger partial charge on any atom is -0.507 e. The number of rotatable bonds is 3. The topological polar surface area (TPSA) is 99.5 Å². The van der Waals surface area contributed by atoms with Gasteiger partial charge in [0.2, 0.25) is 5.78 Å². The molecule has 0 atom stereocenters. The number of carbonyl (C=O) groups excluding carboxylic acids is 2. The number of hydrogen-bond donors (Lipinski definition) is 3. The molecule has 0 aliphatic rings. The van der Waals surface area contributed by atoms with Crippen LogP contribution in [0.25, 0.3) is 0 Å². The number of phenols is 1. The molecule has 3 aromatic rings. The molecule has 0 bridgehead atoms. The van der Waals surface area contributed by atoms with Crippen molar-refractivity contribution in [2.24, 2.45) is 0 Å². The van der Waals surface area contributed by atoms with E-state index < -0.39 is 11.7 Å². The molecule has 1 heterocycles. The number of aromatic nitrogens is 1. The minimum atomic E-state index is -4.22. The van der Waals surface area contributed by atoms with Gasteiger partial charge in [0.1, 0.15) is 18.2 Å². The molecule has 1 aromatic heterocycles. The lowest BCUT2D eigenvalue weighted by Crippen LogP contribution is -2.08. The zero-order valence-corrected chi connectivity index (χ0v) is 18.9. The van der Waals surface area contributed by atoms with Crippen LogP contribution in [0.5, 0.6) is 5.75 Å². The van der Waals surface area contributed by atoms with Crippen molar-refractivity contribution in [3.63, 3.8) is 0 Å². The molecule has 10 heteroatoms. The fourth-order valence-corrected chi connectivity index (χ4v) is 2.58. The molecule has 0 radical (unpaired) electrons. The number of nitrogens with zero attached hydrogens (tertiary/aromatic N) is 1. The fraction of sp³-hybridized carbons (Fsp3) is 0.174. The van der Waals surface area contributed by atoms with Gasteiger partial charge in [-0.15, -0.1) is 0 Å². The predicted molar refractivity (Wildman–Crippen MR) is 122 cm³/mol. The average molecular weight is 485 g/mol. The van der Waals surface area contributed by atoms with Crippen molar-refractivity contribution in [3.05, 3.63) is 88.2 Å². The van der Waals surface area contributed by atoms with E-state index in [0.29, 0.717) is 16.3 Å². The van der Waals surface area contributed by atoms with Crippen molar-refractivity contribution in [2.75, 3.05) is 19.5 Å².